The molecular weight excluding hydrogens is 871 g/mol. The van der Waals surface area contributed by atoms with Gasteiger partial charge in [-0.05, 0) is 67.9 Å². The summed E-state index contributed by atoms with van der Waals surface area (Å²) < 4.78 is 29.2. The number of aryl methyl sites for hydroxylation is 1. The van der Waals surface area contributed by atoms with Crippen molar-refractivity contribution in [3.8, 4) is 5.75 Å². The summed E-state index contributed by atoms with van der Waals surface area (Å²) in [4.78, 5) is 69.5. The maximum Gasteiger partial charge on any atom is 0.314 e. The lowest BCUT2D eigenvalue weighted by molar-refractivity contribution is -0.136. The molecule has 0 spiro atoms. The zero-order valence-electron chi connectivity index (χ0n) is 38.9. The monoisotopic (exact) mass is 933 g/mol. The van der Waals surface area contributed by atoms with Crippen molar-refractivity contribution in [2.75, 3.05) is 109 Å². The van der Waals surface area contributed by atoms with Crippen LogP contribution in [0.5, 0.6) is 5.75 Å². The van der Waals surface area contributed by atoms with Crippen LogP contribution < -0.4 is 25.6 Å². The second-order valence-electron chi connectivity index (χ2n) is 18.1. The Bertz CT molecular complexity index is 2440. The third kappa shape index (κ3) is 11.2. The van der Waals surface area contributed by atoms with Crippen molar-refractivity contribution < 1.29 is 42.9 Å². The van der Waals surface area contributed by atoms with Gasteiger partial charge < -0.3 is 53.9 Å². The Morgan fingerprint density at radius 2 is 1.56 bits per heavy atom. The van der Waals surface area contributed by atoms with E-state index >= 15 is 0 Å². The van der Waals surface area contributed by atoms with E-state index in [1.54, 1.807) is 17.0 Å². The number of rotatable bonds is 20. The molecule has 362 valence electrons. The highest BCUT2D eigenvalue weighted by molar-refractivity contribution is 6.05. The number of carbonyl (C=O) groups is 4. The number of hydrogen-bond acceptors (Lipinski definition) is 14. The van der Waals surface area contributed by atoms with Crippen LogP contribution >= 0.6 is 0 Å². The molecule has 4 aromatic rings. The van der Waals surface area contributed by atoms with Gasteiger partial charge in [-0.1, -0.05) is 36.4 Å². The van der Waals surface area contributed by atoms with Gasteiger partial charge >= 0.3 is 6.03 Å². The number of nitrogens with zero attached hydrogens (tertiary/aromatic N) is 7. The number of carbonyl (C=O) groups excluding carboxylic acids is 4. The predicted molar refractivity (Wildman–Crippen MR) is 254 cm³/mol. The molecule has 5 amide bonds. The van der Waals surface area contributed by atoms with Crippen molar-refractivity contribution in [3.63, 3.8) is 0 Å². The number of nitrogens with one attached hydrogen (secondary N) is 1. The molecule has 0 bridgehead atoms. The Labute approximate surface area is 396 Å². The fourth-order valence-electron chi connectivity index (χ4n) is 10.1. The summed E-state index contributed by atoms with van der Waals surface area (Å²) >= 11 is 0. The molecule has 3 saturated heterocycles. The van der Waals surface area contributed by atoms with Gasteiger partial charge in [0.25, 0.3) is 5.91 Å². The summed E-state index contributed by atoms with van der Waals surface area (Å²) in [5, 5.41) is 4.80. The highest BCUT2D eigenvalue weighted by Gasteiger charge is 2.39. The average Bonchev–Trinajstić information content (AvgIpc) is 3.88. The number of amides is 5. The van der Waals surface area contributed by atoms with E-state index in [-0.39, 0.29) is 30.4 Å². The van der Waals surface area contributed by atoms with E-state index in [1.165, 1.54) is 26.9 Å². The quantitative estimate of drug-likeness (QED) is 0.0969. The first kappa shape index (κ1) is 47.2. The summed E-state index contributed by atoms with van der Waals surface area (Å²) in [6.45, 7) is 8.78. The molecule has 18 nitrogen and oxygen atoms in total. The number of nitrogens with two attached hydrogens (primary N) is 1. The molecule has 0 saturated carbocycles. The highest BCUT2D eigenvalue weighted by Crippen LogP contribution is 2.35. The van der Waals surface area contributed by atoms with Crippen LogP contribution in [0, 0.1) is 0 Å². The normalized spacial score (nSPS) is 20.8. The largest absolute Gasteiger partial charge is 0.491 e. The fourth-order valence-corrected chi connectivity index (χ4v) is 10.1. The standard InChI is InChI=1S/C50H63N9O9/c1-55-32-38(68-28-26-66-24-22-64-21-23-65-25-27-67-37-10-11-40-35(29-37)31-59(49(40)62)44-12-14-46(60)54-48(44)61)30-36(55)9-13-45-52-42-33-58(43-8-4-6-34-5-2-3-7-39(34)43)16-15-41(42)47(53-45)56-17-19-57(20-18-56)50(51)63/h2-8,10-11,29,36,38,44H,9,12-28,30-33H2,1H3,(H2,51,63)(H,54,60,61)/t36-,38-,44?/m1/s1. The van der Waals surface area contributed by atoms with Crippen LogP contribution in [-0.2, 0) is 54.5 Å². The molecule has 1 unspecified atom stereocenters. The minimum atomic E-state index is -0.647. The van der Waals surface area contributed by atoms with Crippen molar-refractivity contribution >= 4 is 46.0 Å². The van der Waals surface area contributed by atoms with Crippen LogP contribution in [-0.4, -0.2) is 166 Å². The van der Waals surface area contributed by atoms with Crippen LogP contribution in [0.15, 0.2) is 60.7 Å². The zero-order chi connectivity index (χ0) is 47.0. The first-order chi connectivity index (χ1) is 33.2. The van der Waals surface area contributed by atoms with Crippen molar-refractivity contribution in [1.82, 2.24) is 30.0 Å². The molecule has 9 rings (SSSR count). The molecule has 3 aromatic carbocycles. The van der Waals surface area contributed by atoms with Crippen LogP contribution in [0.4, 0.5) is 16.3 Å². The summed E-state index contributed by atoms with van der Waals surface area (Å²) in [6.07, 6.45) is 4.14. The summed E-state index contributed by atoms with van der Waals surface area (Å²) in [7, 11) is 2.16. The van der Waals surface area contributed by atoms with Gasteiger partial charge in [0.1, 0.15) is 30.0 Å². The molecular formula is C50H63N9O9. The van der Waals surface area contributed by atoms with Crippen LogP contribution in [0.3, 0.4) is 0 Å². The lowest BCUT2D eigenvalue weighted by atomic mass is 10.0. The van der Waals surface area contributed by atoms with E-state index in [0.29, 0.717) is 116 Å². The van der Waals surface area contributed by atoms with Crippen molar-refractivity contribution in [3.05, 3.63) is 88.9 Å². The predicted octanol–water partition coefficient (Wildman–Crippen LogP) is 3.30. The van der Waals surface area contributed by atoms with Gasteiger partial charge in [-0.2, -0.15) is 0 Å². The number of anilines is 2. The maximum absolute atomic E-state index is 12.9. The van der Waals surface area contributed by atoms with E-state index in [1.807, 2.05) is 6.07 Å². The minimum Gasteiger partial charge on any atom is -0.491 e. The van der Waals surface area contributed by atoms with Crippen LogP contribution in [0.2, 0.25) is 0 Å². The lowest BCUT2D eigenvalue weighted by Gasteiger charge is -2.38. The topological polar surface area (TPSA) is 194 Å². The second kappa shape index (κ2) is 22.0. The van der Waals surface area contributed by atoms with Gasteiger partial charge in [0.05, 0.1) is 64.6 Å². The fraction of sp³-hybridized carbons (Fsp3) is 0.520. The van der Waals surface area contributed by atoms with Gasteiger partial charge in [-0.25, -0.2) is 14.8 Å². The number of likely N-dealkylation sites (tertiary alicyclic amines) is 1. The molecule has 3 fully saturated rings. The average molecular weight is 934 g/mol. The molecule has 3 N–H and O–H groups in total. The van der Waals surface area contributed by atoms with Crippen molar-refractivity contribution in [2.45, 2.75) is 69.8 Å². The molecule has 18 heteroatoms. The van der Waals surface area contributed by atoms with Gasteiger partial charge in [0.15, 0.2) is 0 Å². The molecule has 0 radical (unpaired) electrons. The van der Waals surface area contributed by atoms with Gasteiger partial charge in [0, 0.05) is 86.9 Å². The Morgan fingerprint density at radius 3 is 2.34 bits per heavy atom. The summed E-state index contributed by atoms with van der Waals surface area (Å²) in [6, 6.07) is 19.7. The molecule has 5 aliphatic heterocycles. The number of fused-ring (bicyclic) bond motifs is 3. The molecule has 1 aromatic heterocycles. The highest BCUT2D eigenvalue weighted by atomic mass is 16.6. The van der Waals surface area contributed by atoms with E-state index in [4.69, 9.17) is 39.4 Å². The number of aromatic nitrogens is 2. The Balaban J connectivity index is 0.657. The van der Waals surface area contributed by atoms with Gasteiger partial charge in [-0.15, -0.1) is 0 Å². The van der Waals surface area contributed by atoms with E-state index in [9.17, 15) is 19.2 Å². The summed E-state index contributed by atoms with van der Waals surface area (Å²) in [5.74, 6) is 1.54. The molecule has 3 atom stereocenters. The first-order valence-corrected chi connectivity index (χ1v) is 24.0. The number of piperidine rings is 1. The number of primary amides is 1. The molecule has 6 heterocycles. The number of urea groups is 1. The summed E-state index contributed by atoms with van der Waals surface area (Å²) in [5.41, 5.74) is 10.5. The third-order valence-electron chi connectivity index (χ3n) is 13.8. The minimum absolute atomic E-state index is 0.129. The number of likely N-dealkylation sites (N-methyl/N-ethyl adjacent to an activating group) is 1. The van der Waals surface area contributed by atoms with E-state index in [2.05, 4.69) is 69.5 Å². The smallest absolute Gasteiger partial charge is 0.314 e. The van der Waals surface area contributed by atoms with E-state index < -0.39 is 11.9 Å². The zero-order valence-corrected chi connectivity index (χ0v) is 38.9. The maximum atomic E-state index is 12.9. The second-order valence-corrected chi connectivity index (χ2v) is 18.1. The molecule has 0 aliphatic carbocycles. The van der Waals surface area contributed by atoms with Gasteiger partial charge in [0.2, 0.25) is 11.8 Å². The Kier molecular flexibility index (Phi) is 15.3. The van der Waals surface area contributed by atoms with Crippen molar-refractivity contribution in [2.24, 2.45) is 5.73 Å². The lowest BCUT2D eigenvalue weighted by Crippen LogP contribution is -2.52. The number of ether oxygens (including phenoxy) is 5. The van der Waals surface area contributed by atoms with Crippen molar-refractivity contribution in [1.29, 1.82) is 0 Å². The van der Waals surface area contributed by atoms with Crippen LogP contribution in [0.1, 0.15) is 58.7 Å². The molecule has 68 heavy (non-hydrogen) atoms. The Hall–Kier alpha value is -5.92. The number of imide groups is 1. The van der Waals surface area contributed by atoms with E-state index in [0.717, 1.165) is 61.7 Å². The molecule has 5 aliphatic rings. The van der Waals surface area contributed by atoms with Crippen LogP contribution in [0.25, 0.3) is 10.8 Å². The van der Waals surface area contributed by atoms with Gasteiger partial charge in [-0.3, -0.25) is 19.7 Å². The number of benzene rings is 3. The number of hydrogen-bond donors (Lipinski definition) is 2. The Morgan fingerprint density at radius 1 is 0.809 bits per heavy atom. The third-order valence-corrected chi connectivity index (χ3v) is 13.8. The number of piperazine rings is 1. The first-order valence-electron chi connectivity index (χ1n) is 24.0. The SMILES string of the molecule is CN1C[C@H](OCCOCCOCCOCCOc2ccc3c(c2)CN(C2CCC(=O)NC2=O)C3=O)C[C@H]1CCc1nc2c(c(N3CCN(C(N)=O)CC3)n1)CCN(c1cccc3ccccc13)C2.